The smallest absolute Gasteiger partial charge is 0.275 e. The van der Waals surface area contributed by atoms with E-state index in [0.717, 1.165) is 5.56 Å². The van der Waals surface area contributed by atoms with E-state index in [0.29, 0.717) is 62.6 Å². The molecule has 0 saturated heterocycles. The molecular formula is C36H33ClN4O4. The maximum atomic E-state index is 14.2. The van der Waals surface area contributed by atoms with Crippen LogP contribution in [0.2, 0.25) is 5.02 Å². The Morgan fingerprint density at radius 2 is 1.22 bits per heavy atom. The second-order valence-corrected chi connectivity index (χ2v) is 11.1. The predicted octanol–water partition coefficient (Wildman–Crippen LogP) is 7.07. The van der Waals surface area contributed by atoms with Gasteiger partial charge in [0.15, 0.2) is 11.5 Å². The summed E-state index contributed by atoms with van der Waals surface area (Å²) in [5.74, 6) is 0.309. The van der Waals surface area contributed by atoms with E-state index in [9.17, 15) is 9.59 Å². The molecule has 0 saturated carbocycles. The normalized spacial score (nSPS) is 11.2. The third kappa shape index (κ3) is 5.84. The highest BCUT2D eigenvalue weighted by Crippen LogP contribution is 2.38. The quantitative estimate of drug-likeness (QED) is 0.171. The fourth-order valence-corrected chi connectivity index (χ4v) is 5.85. The largest absolute Gasteiger partial charge is 0.490 e. The zero-order chi connectivity index (χ0) is 31.5. The van der Waals surface area contributed by atoms with E-state index in [-0.39, 0.29) is 17.7 Å². The molecule has 6 aromatic rings. The van der Waals surface area contributed by atoms with E-state index >= 15 is 0 Å². The topological polar surface area (TPSA) is 94.0 Å². The highest BCUT2D eigenvalue weighted by Gasteiger charge is 2.31. The van der Waals surface area contributed by atoms with Crippen LogP contribution in [0.15, 0.2) is 113 Å². The molecule has 0 aliphatic rings. The van der Waals surface area contributed by atoms with Gasteiger partial charge in [0.05, 0.1) is 29.1 Å². The monoisotopic (exact) mass is 620 g/mol. The molecule has 0 radical (unpaired) electrons. The van der Waals surface area contributed by atoms with Crippen molar-refractivity contribution in [3.05, 3.63) is 163 Å². The number of aryl methyl sites for hydroxylation is 2. The van der Waals surface area contributed by atoms with Gasteiger partial charge in [-0.2, -0.15) is 0 Å². The van der Waals surface area contributed by atoms with Gasteiger partial charge in [-0.25, -0.2) is 9.36 Å². The van der Waals surface area contributed by atoms with E-state index < -0.39 is 5.92 Å². The van der Waals surface area contributed by atoms with E-state index in [4.69, 9.17) is 21.1 Å². The molecule has 2 N–H and O–H groups in total. The van der Waals surface area contributed by atoms with Crippen molar-refractivity contribution in [2.45, 2.75) is 33.3 Å². The molecule has 2 aromatic heterocycles. The van der Waals surface area contributed by atoms with Gasteiger partial charge in [0, 0.05) is 27.9 Å². The van der Waals surface area contributed by atoms with Gasteiger partial charge in [-0.05, 0) is 68.8 Å². The van der Waals surface area contributed by atoms with Gasteiger partial charge in [-0.3, -0.25) is 19.8 Å². The lowest BCUT2D eigenvalue weighted by molar-refractivity contribution is 0.269. The molecule has 8 nitrogen and oxygen atoms in total. The molecule has 2 heterocycles. The second-order valence-electron chi connectivity index (χ2n) is 10.7. The van der Waals surface area contributed by atoms with Gasteiger partial charge in [0.2, 0.25) is 0 Å². The summed E-state index contributed by atoms with van der Waals surface area (Å²) >= 11 is 6.37. The fraction of sp³-hybridized carbons (Fsp3) is 0.167. The minimum absolute atomic E-state index is 0.244. The van der Waals surface area contributed by atoms with Gasteiger partial charge >= 0.3 is 0 Å². The van der Waals surface area contributed by atoms with E-state index in [1.54, 1.807) is 0 Å². The van der Waals surface area contributed by atoms with E-state index in [1.807, 2.05) is 124 Å². The molecule has 0 atom stereocenters. The minimum atomic E-state index is -0.718. The zero-order valence-corrected chi connectivity index (χ0v) is 26.0. The van der Waals surface area contributed by atoms with E-state index in [1.165, 1.54) is 9.36 Å². The maximum Gasteiger partial charge on any atom is 0.275 e. The van der Waals surface area contributed by atoms with E-state index in [2.05, 4.69) is 10.2 Å². The molecule has 0 bridgehead atoms. The average Bonchev–Trinajstić information content (AvgIpc) is 3.52. The van der Waals surface area contributed by atoms with Crippen molar-refractivity contribution in [1.82, 2.24) is 19.6 Å². The molecule has 9 heteroatoms. The number of hydrogen-bond donors (Lipinski definition) is 2. The molecule has 0 unspecified atom stereocenters. The molecule has 45 heavy (non-hydrogen) atoms. The van der Waals surface area contributed by atoms with Crippen LogP contribution in [0.3, 0.4) is 0 Å². The highest BCUT2D eigenvalue weighted by atomic mass is 35.5. The lowest BCUT2D eigenvalue weighted by atomic mass is 9.85. The Morgan fingerprint density at radius 3 is 1.76 bits per heavy atom. The third-order valence-corrected chi connectivity index (χ3v) is 8.15. The number of benzene rings is 4. The molecule has 0 amide bonds. The lowest BCUT2D eigenvalue weighted by Gasteiger charge is -2.19. The van der Waals surface area contributed by atoms with Crippen molar-refractivity contribution >= 4 is 11.6 Å². The van der Waals surface area contributed by atoms with Crippen LogP contribution < -0.4 is 20.6 Å². The predicted molar refractivity (Wildman–Crippen MR) is 177 cm³/mol. The zero-order valence-electron chi connectivity index (χ0n) is 25.2. The number of halogens is 1. The molecule has 0 fully saturated rings. The summed E-state index contributed by atoms with van der Waals surface area (Å²) in [6, 6.07) is 31.8. The Labute approximate surface area is 265 Å². The van der Waals surface area contributed by atoms with Crippen molar-refractivity contribution < 1.29 is 9.47 Å². The van der Waals surface area contributed by atoms with Gasteiger partial charge in [-0.1, -0.05) is 72.3 Å². The van der Waals surface area contributed by atoms with Crippen LogP contribution in [-0.2, 0) is 6.61 Å². The Bertz CT molecular complexity index is 1960. The molecule has 228 valence electrons. The minimum Gasteiger partial charge on any atom is -0.490 e. The van der Waals surface area contributed by atoms with Crippen LogP contribution in [0.5, 0.6) is 11.5 Å². The molecule has 0 aliphatic heterocycles. The summed E-state index contributed by atoms with van der Waals surface area (Å²) in [5, 5.41) is 7.09. The number of aromatic nitrogens is 4. The van der Waals surface area contributed by atoms with Crippen LogP contribution in [-0.4, -0.2) is 26.2 Å². The fourth-order valence-electron chi connectivity index (χ4n) is 5.66. The van der Waals surface area contributed by atoms with Crippen LogP contribution in [0.25, 0.3) is 11.4 Å². The average molecular weight is 621 g/mol. The standard InChI is InChI=1S/C36H33ClN4O4/c1-4-44-31-21-25(19-20-30(31)45-22-26-13-11-12-18-29(26)37)34(32-23(2)38-40(35(32)42)27-14-7-5-8-15-27)33-24(3)39-41(36(33)43)28-16-9-6-10-17-28/h5-21,34,38-39H,4,22H2,1-3H3. The summed E-state index contributed by atoms with van der Waals surface area (Å²) in [7, 11) is 0. The van der Waals surface area contributed by atoms with Crippen molar-refractivity contribution in [1.29, 1.82) is 0 Å². The van der Waals surface area contributed by atoms with Crippen LogP contribution >= 0.6 is 11.6 Å². The highest BCUT2D eigenvalue weighted by molar-refractivity contribution is 6.31. The van der Waals surface area contributed by atoms with Crippen molar-refractivity contribution in [3.8, 4) is 22.9 Å². The second kappa shape index (κ2) is 12.8. The first-order chi connectivity index (χ1) is 21.9. The number of hydrogen-bond acceptors (Lipinski definition) is 4. The van der Waals surface area contributed by atoms with Crippen LogP contribution in [0, 0.1) is 13.8 Å². The summed E-state index contributed by atoms with van der Waals surface area (Å²) in [6.45, 7) is 6.24. The lowest BCUT2D eigenvalue weighted by Crippen LogP contribution is -2.25. The first-order valence-electron chi connectivity index (χ1n) is 14.7. The first-order valence-corrected chi connectivity index (χ1v) is 15.1. The number of rotatable bonds is 10. The number of aromatic amines is 2. The third-order valence-electron chi connectivity index (χ3n) is 7.78. The molecular weight excluding hydrogens is 588 g/mol. The van der Waals surface area contributed by atoms with Crippen molar-refractivity contribution in [2.75, 3.05) is 6.61 Å². The van der Waals surface area contributed by atoms with Crippen LogP contribution in [0.1, 0.15) is 46.5 Å². The number of H-pyrrole nitrogens is 2. The summed E-state index contributed by atoms with van der Waals surface area (Å²) < 4.78 is 15.2. The van der Waals surface area contributed by atoms with Gasteiger partial charge in [0.1, 0.15) is 6.61 Å². The SMILES string of the molecule is CCOc1cc(C(c2c(C)[nH]n(-c3ccccc3)c2=O)c2c(C)[nH]n(-c3ccccc3)c2=O)ccc1OCc1ccccc1Cl. The summed E-state index contributed by atoms with van der Waals surface area (Å²) in [6.07, 6.45) is 0. The summed E-state index contributed by atoms with van der Waals surface area (Å²) in [5.41, 5.74) is 4.69. The molecule has 4 aromatic carbocycles. The Kier molecular flexibility index (Phi) is 8.49. The number of nitrogens with one attached hydrogen (secondary N) is 2. The van der Waals surface area contributed by atoms with Crippen LogP contribution in [0.4, 0.5) is 0 Å². The molecule has 6 rings (SSSR count). The molecule has 0 aliphatic carbocycles. The van der Waals surface area contributed by atoms with Crippen molar-refractivity contribution in [3.63, 3.8) is 0 Å². The maximum absolute atomic E-state index is 14.2. The first kappa shape index (κ1) is 29.8. The van der Waals surface area contributed by atoms with Gasteiger partial charge < -0.3 is 9.47 Å². The molecule has 0 spiro atoms. The van der Waals surface area contributed by atoms with Gasteiger partial charge in [0.25, 0.3) is 11.1 Å². The Balaban J connectivity index is 1.52. The van der Waals surface area contributed by atoms with Gasteiger partial charge in [-0.15, -0.1) is 0 Å². The van der Waals surface area contributed by atoms with Crippen molar-refractivity contribution in [2.24, 2.45) is 0 Å². The number of nitrogens with zero attached hydrogens (tertiary/aromatic N) is 2. The Morgan fingerprint density at radius 1 is 0.689 bits per heavy atom. The number of para-hydroxylation sites is 2. The summed E-state index contributed by atoms with van der Waals surface area (Å²) in [4.78, 5) is 28.4. The Hall–Kier alpha value is -5.21. The number of ether oxygens (including phenoxy) is 2.